The van der Waals surface area contributed by atoms with E-state index in [1.807, 2.05) is 11.8 Å². The number of aliphatic hydroxyl groups excluding tert-OH is 2. The molecule has 0 aliphatic carbocycles. The van der Waals surface area contributed by atoms with Crippen molar-refractivity contribution in [3.05, 3.63) is 53.3 Å². The predicted octanol–water partition coefficient (Wildman–Crippen LogP) is 5.12. The highest BCUT2D eigenvalue weighted by Crippen LogP contribution is 2.39. The van der Waals surface area contributed by atoms with Crippen molar-refractivity contribution in [3.63, 3.8) is 0 Å². The average Bonchev–Trinajstić information content (AvgIpc) is 3.36. The Morgan fingerprint density at radius 3 is 2.82 bits per heavy atom. The van der Waals surface area contributed by atoms with Crippen LogP contribution in [-0.4, -0.2) is 59.2 Å². The van der Waals surface area contributed by atoms with E-state index in [2.05, 4.69) is 27.4 Å². The van der Waals surface area contributed by atoms with Crippen molar-refractivity contribution in [3.8, 4) is 5.75 Å². The molecule has 3 aromatic rings. The second-order valence-electron chi connectivity index (χ2n) is 8.74. The maximum absolute atomic E-state index is 14.7. The van der Waals surface area contributed by atoms with Crippen LogP contribution < -0.4 is 4.74 Å². The summed E-state index contributed by atoms with van der Waals surface area (Å²) in [5.41, 5.74) is 0.655. The van der Waals surface area contributed by atoms with Crippen molar-refractivity contribution in [1.29, 1.82) is 0 Å². The van der Waals surface area contributed by atoms with Gasteiger partial charge in [0, 0.05) is 29.9 Å². The summed E-state index contributed by atoms with van der Waals surface area (Å²) in [5.74, 6) is 1.14. The van der Waals surface area contributed by atoms with E-state index in [4.69, 9.17) is 4.74 Å². The molecule has 0 spiro atoms. The normalized spacial score (nSPS) is 17.3. The van der Waals surface area contributed by atoms with Crippen LogP contribution in [0.15, 0.2) is 46.1 Å². The first-order valence-corrected chi connectivity index (χ1v) is 13.2. The minimum absolute atomic E-state index is 0.0882. The quantitative estimate of drug-likeness (QED) is 0.385. The number of methoxy groups -OCH3 is 1. The number of aromatic nitrogens is 1. The second-order valence-corrected chi connectivity index (χ2v) is 11.1. The molecule has 1 aliphatic rings. The lowest BCUT2D eigenvalue weighted by molar-refractivity contribution is 0.0251. The van der Waals surface area contributed by atoms with Crippen LogP contribution in [0.4, 0.5) is 4.39 Å². The summed E-state index contributed by atoms with van der Waals surface area (Å²) in [6, 6.07) is 9.49. The van der Waals surface area contributed by atoms with Crippen molar-refractivity contribution in [1.82, 2.24) is 9.88 Å². The van der Waals surface area contributed by atoms with Gasteiger partial charge in [-0.3, -0.25) is 4.98 Å². The predicted molar refractivity (Wildman–Crippen MR) is 133 cm³/mol. The third-order valence-corrected chi connectivity index (χ3v) is 8.86. The van der Waals surface area contributed by atoms with E-state index in [0.717, 1.165) is 38.2 Å². The summed E-state index contributed by atoms with van der Waals surface area (Å²) in [4.78, 5) is 6.59. The molecule has 2 aromatic heterocycles. The number of rotatable bonds is 10. The van der Waals surface area contributed by atoms with Gasteiger partial charge in [0.2, 0.25) is 0 Å². The van der Waals surface area contributed by atoms with E-state index >= 15 is 0 Å². The number of fused-ring (bicyclic) bond motifs is 1. The summed E-state index contributed by atoms with van der Waals surface area (Å²) in [6.07, 6.45) is 3.01. The fourth-order valence-corrected chi connectivity index (χ4v) is 6.44. The maximum Gasteiger partial charge on any atom is 0.147 e. The SMILES string of the molecule is COc1ccc2ncc(F)c(C(O)CCC3(CO)CCN(CCSc4cccs4)CC3)c2c1. The average molecular weight is 491 g/mol. The number of pyridine rings is 1. The Kier molecular flexibility index (Phi) is 8.24. The van der Waals surface area contributed by atoms with Gasteiger partial charge >= 0.3 is 0 Å². The van der Waals surface area contributed by atoms with Gasteiger partial charge in [0.15, 0.2) is 0 Å². The van der Waals surface area contributed by atoms with Crippen LogP contribution in [0.2, 0.25) is 0 Å². The second kappa shape index (κ2) is 11.1. The van der Waals surface area contributed by atoms with Crippen molar-refractivity contribution < 1.29 is 19.3 Å². The van der Waals surface area contributed by atoms with Gasteiger partial charge < -0.3 is 19.8 Å². The molecule has 0 saturated carbocycles. The van der Waals surface area contributed by atoms with Crippen LogP contribution in [0.25, 0.3) is 10.9 Å². The smallest absolute Gasteiger partial charge is 0.147 e. The van der Waals surface area contributed by atoms with Gasteiger partial charge in [0.25, 0.3) is 0 Å². The standard InChI is InChI=1S/C25H31FN2O3S2/c1-31-18-4-5-21-19(15-18)24(20(26)16-27-21)22(30)6-7-25(17-29)8-10-28(11-9-25)12-14-33-23-3-2-13-32-23/h2-5,13,15-16,22,29-30H,6-12,14,17H2,1H3. The van der Waals surface area contributed by atoms with E-state index < -0.39 is 11.9 Å². The third kappa shape index (κ3) is 5.87. The molecule has 1 saturated heterocycles. The summed E-state index contributed by atoms with van der Waals surface area (Å²) >= 11 is 3.66. The topological polar surface area (TPSA) is 65.8 Å². The number of hydrogen-bond donors (Lipinski definition) is 2. The van der Waals surface area contributed by atoms with Crippen molar-refractivity contribution >= 4 is 34.0 Å². The van der Waals surface area contributed by atoms with Crippen LogP contribution >= 0.6 is 23.1 Å². The Bertz CT molecular complexity index is 1040. The Hall–Kier alpha value is -1.71. The van der Waals surface area contributed by atoms with Crippen LogP contribution in [-0.2, 0) is 0 Å². The highest BCUT2D eigenvalue weighted by atomic mass is 32.2. The molecule has 0 bridgehead atoms. The van der Waals surface area contributed by atoms with Gasteiger partial charge in [-0.1, -0.05) is 6.07 Å². The molecule has 1 atom stereocenters. The highest BCUT2D eigenvalue weighted by molar-refractivity contribution is 8.01. The number of benzene rings is 1. The minimum atomic E-state index is -0.966. The lowest BCUT2D eigenvalue weighted by atomic mass is 9.74. The van der Waals surface area contributed by atoms with Gasteiger partial charge in [0.1, 0.15) is 11.6 Å². The fraction of sp³-hybridized carbons (Fsp3) is 0.480. The number of thioether (sulfide) groups is 1. The first kappa shape index (κ1) is 24.4. The summed E-state index contributed by atoms with van der Waals surface area (Å²) in [7, 11) is 1.56. The number of piperidine rings is 1. The summed E-state index contributed by atoms with van der Waals surface area (Å²) in [6.45, 7) is 2.99. The minimum Gasteiger partial charge on any atom is -0.497 e. The van der Waals surface area contributed by atoms with Crippen LogP contribution in [0.5, 0.6) is 5.75 Å². The monoisotopic (exact) mass is 490 g/mol. The van der Waals surface area contributed by atoms with Gasteiger partial charge in [-0.25, -0.2) is 4.39 Å². The highest BCUT2D eigenvalue weighted by Gasteiger charge is 2.34. The molecule has 8 heteroatoms. The zero-order valence-corrected chi connectivity index (χ0v) is 20.5. The van der Waals surface area contributed by atoms with Crippen molar-refractivity contribution in [2.75, 3.05) is 39.1 Å². The zero-order valence-electron chi connectivity index (χ0n) is 18.9. The molecule has 0 amide bonds. The Morgan fingerprint density at radius 1 is 1.30 bits per heavy atom. The number of nitrogens with zero attached hydrogens (tertiary/aromatic N) is 2. The first-order chi connectivity index (χ1) is 16.0. The van der Waals surface area contributed by atoms with Gasteiger partial charge in [-0.05, 0) is 73.8 Å². The number of likely N-dealkylation sites (tertiary alicyclic amines) is 1. The molecule has 2 N–H and O–H groups in total. The van der Waals surface area contributed by atoms with E-state index in [-0.39, 0.29) is 17.6 Å². The Morgan fingerprint density at radius 2 is 2.12 bits per heavy atom. The molecule has 1 unspecified atom stereocenters. The number of halogens is 1. The van der Waals surface area contributed by atoms with Crippen molar-refractivity contribution in [2.24, 2.45) is 5.41 Å². The summed E-state index contributed by atoms with van der Waals surface area (Å²) < 4.78 is 21.3. The molecule has 1 fully saturated rings. The van der Waals surface area contributed by atoms with E-state index in [1.54, 1.807) is 36.6 Å². The van der Waals surface area contributed by atoms with E-state index in [9.17, 15) is 14.6 Å². The zero-order chi connectivity index (χ0) is 23.3. The van der Waals surface area contributed by atoms with Gasteiger partial charge in [0.05, 0.1) is 29.1 Å². The Labute approximate surface area is 202 Å². The first-order valence-electron chi connectivity index (χ1n) is 11.3. The molecular weight excluding hydrogens is 459 g/mol. The molecule has 178 valence electrons. The molecule has 33 heavy (non-hydrogen) atoms. The fourth-order valence-electron chi connectivity index (χ4n) is 4.58. The lowest BCUT2D eigenvalue weighted by Crippen LogP contribution is -2.43. The number of hydrogen-bond acceptors (Lipinski definition) is 7. The molecular formula is C25H31FN2O3S2. The number of ether oxygens (including phenoxy) is 1. The molecule has 1 aromatic carbocycles. The molecule has 4 rings (SSSR count). The van der Waals surface area contributed by atoms with Crippen molar-refractivity contribution in [2.45, 2.75) is 36.0 Å². The molecule has 3 heterocycles. The number of aliphatic hydroxyl groups is 2. The van der Waals surface area contributed by atoms with E-state index in [1.165, 1.54) is 10.4 Å². The van der Waals surface area contributed by atoms with Crippen LogP contribution in [0.3, 0.4) is 0 Å². The molecule has 1 aliphatic heterocycles. The molecule has 0 radical (unpaired) electrons. The van der Waals surface area contributed by atoms with Crippen LogP contribution in [0, 0.1) is 11.2 Å². The Balaban J connectivity index is 1.35. The molecule has 5 nitrogen and oxygen atoms in total. The largest absolute Gasteiger partial charge is 0.497 e. The van der Waals surface area contributed by atoms with Gasteiger partial charge in [-0.2, -0.15) is 0 Å². The summed E-state index contributed by atoms with van der Waals surface area (Å²) in [5, 5.41) is 23.8. The van der Waals surface area contributed by atoms with Gasteiger partial charge in [-0.15, -0.1) is 23.1 Å². The van der Waals surface area contributed by atoms with Crippen LogP contribution in [0.1, 0.15) is 37.4 Å². The lowest BCUT2D eigenvalue weighted by Gasteiger charge is -2.41. The maximum atomic E-state index is 14.7. The van der Waals surface area contributed by atoms with E-state index in [0.29, 0.717) is 29.5 Å². The third-order valence-electron chi connectivity index (χ3n) is 6.75. The number of thiophene rings is 1.